The highest BCUT2D eigenvalue weighted by Crippen LogP contribution is 2.36. The molecule has 0 N–H and O–H groups in total. The summed E-state index contributed by atoms with van der Waals surface area (Å²) in [6.45, 7) is 3.56. The van der Waals surface area contributed by atoms with Gasteiger partial charge in [-0.3, -0.25) is 9.69 Å². The van der Waals surface area contributed by atoms with Gasteiger partial charge in [-0.1, -0.05) is 24.0 Å². The highest BCUT2D eigenvalue weighted by atomic mass is 32.2. The molecule has 1 heterocycles. The van der Waals surface area contributed by atoms with Crippen LogP contribution in [0.25, 0.3) is 6.08 Å². The van der Waals surface area contributed by atoms with Crippen LogP contribution in [0.4, 0.5) is 0 Å². The molecule has 0 saturated carbocycles. The largest absolute Gasteiger partial charge is 0.497 e. The lowest BCUT2D eigenvalue weighted by molar-refractivity contribution is -0.149. The number of rotatable bonds is 6. The van der Waals surface area contributed by atoms with Crippen molar-refractivity contribution in [3.63, 3.8) is 0 Å². The van der Waals surface area contributed by atoms with Crippen molar-refractivity contribution in [1.82, 2.24) is 4.90 Å². The molecule has 0 aromatic heterocycles. The van der Waals surface area contributed by atoms with E-state index < -0.39 is 12.0 Å². The molecule has 2 rings (SSSR count). The number of nitrogens with zero attached hydrogens (tertiary/aromatic N) is 1. The fourth-order valence-corrected chi connectivity index (χ4v) is 3.67. The molecule has 0 unspecified atom stereocenters. The Hall–Kier alpha value is -2.06. The van der Waals surface area contributed by atoms with Crippen molar-refractivity contribution < 1.29 is 23.8 Å². The second kappa shape index (κ2) is 8.35. The maximum absolute atomic E-state index is 12.7. The summed E-state index contributed by atoms with van der Waals surface area (Å²) in [6.07, 6.45) is 1.69. The maximum atomic E-state index is 12.7. The third-order valence-corrected chi connectivity index (χ3v) is 4.90. The zero-order valence-electron chi connectivity index (χ0n) is 14.4. The molecular weight excluding hydrogens is 362 g/mol. The first-order valence-electron chi connectivity index (χ1n) is 7.58. The van der Waals surface area contributed by atoms with E-state index in [9.17, 15) is 9.59 Å². The van der Waals surface area contributed by atoms with E-state index in [1.165, 1.54) is 4.90 Å². The molecule has 25 heavy (non-hydrogen) atoms. The van der Waals surface area contributed by atoms with Gasteiger partial charge in [0.2, 0.25) is 0 Å². The lowest BCUT2D eigenvalue weighted by atomic mass is 10.1. The van der Waals surface area contributed by atoms with Gasteiger partial charge in [0.1, 0.15) is 21.9 Å². The number of methoxy groups -OCH3 is 2. The van der Waals surface area contributed by atoms with Crippen LogP contribution in [-0.2, 0) is 14.3 Å². The number of benzene rings is 1. The predicted molar refractivity (Wildman–Crippen MR) is 101 cm³/mol. The SMILES string of the molecule is CCOC(=O)[C@@H](C)N1C(=O)/C(=C/c2ccc(OC)cc2OC)SC1=S. The number of esters is 1. The number of amides is 1. The van der Waals surface area contributed by atoms with Crippen LogP contribution in [0.3, 0.4) is 0 Å². The molecule has 0 bridgehead atoms. The molecule has 1 aromatic carbocycles. The first-order chi connectivity index (χ1) is 11.9. The van der Waals surface area contributed by atoms with Gasteiger partial charge in [-0.15, -0.1) is 0 Å². The van der Waals surface area contributed by atoms with Crippen molar-refractivity contribution in [2.45, 2.75) is 19.9 Å². The maximum Gasteiger partial charge on any atom is 0.329 e. The van der Waals surface area contributed by atoms with Gasteiger partial charge in [-0.05, 0) is 32.1 Å². The summed E-state index contributed by atoms with van der Waals surface area (Å²) in [6, 6.07) is 4.53. The zero-order valence-corrected chi connectivity index (χ0v) is 16.0. The van der Waals surface area contributed by atoms with E-state index in [4.69, 9.17) is 26.4 Å². The molecule has 0 radical (unpaired) electrons. The number of carbonyl (C=O) groups excluding carboxylic acids is 2. The van der Waals surface area contributed by atoms with Gasteiger partial charge in [-0.2, -0.15) is 0 Å². The summed E-state index contributed by atoms with van der Waals surface area (Å²) in [5, 5.41) is 0. The van der Waals surface area contributed by atoms with Crippen LogP contribution in [0.1, 0.15) is 19.4 Å². The minimum Gasteiger partial charge on any atom is -0.497 e. The van der Waals surface area contributed by atoms with Gasteiger partial charge in [0, 0.05) is 11.6 Å². The lowest BCUT2D eigenvalue weighted by Gasteiger charge is -2.21. The molecule has 1 aliphatic rings. The Kier molecular flexibility index (Phi) is 6.44. The molecule has 8 heteroatoms. The van der Waals surface area contributed by atoms with Crippen LogP contribution in [0.5, 0.6) is 11.5 Å². The average Bonchev–Trinajstić information content (AvgIpc) is 2.88. The van der Waals surface area contributed by atoms with E-state index in [-0.39, 0.29) is 12.5 Å². The number of thiocarbonyl (C=S) groups is 1. The van der Waals surface area contributed by atoms with E-state index in [1.807, 2.05) is 0 Å². The Bertz CT molecular complexity index is 732. The van der Waals surface area contributed by atoms with Crippen molar-refractivity contribution >= 4 is 46.3 Å². The van der Waals surface area contributed by atoms with E-state index in [0.29, 0.717) is 26.3 Å². The minimum absolute atomic E-state index is 0.247. The summed E-state index contributed by atoms with van der Waals surface area (Å²) in [7, 11) is 3.11. The zero-order chi connectivity index (χ0) is 18.6. The third-order valence-electron chi connectivity index (χ3n) is 3.57. The monoisotopic (exact) mass is 381 g/mol. The first kappa shape index (κ1) is 19.3. The van der Waals surface area contributed by atoms with Gasteiger partial charge in [0.05, 0.1) is 25.7 Å². The molecule has 1 amide bonds. The smallest absolute Gasteiger partial charge is 0.329 e. The molecular formula is C17H19NO5S2. The third kappa shape index (κ3) is 4.13. The van der Waals surface area contributed by atoms with E-state index >= 15 is 0 Å². The van der Waals surface area contributed by atoms with Crippen LogP contribution in [0.15, 0.2) is 23.1 Å². The Morgan fingerprint density at radius 2 is 2.08 bits per heavy atom. The Morgan fingerprint density at radius 1 is 1.36 bits per heavy atom. The van der Waals surface area contributed by atoms with Crippen molar-refractivity contribution in [3.05, 3.63) is 28.7 Å². The molecule has 1 fully saturated rings. The molecule has 6 nitrogen and oxygen atoms in total. The standard InChI is InChI=1S/C17H19NO5S2/c1-5-23-16(20)10(2)18-15(19)14(25-17(18)24)8-11-6-7-12(21-3)9-13(11)22-4/h6-10H,5H2,1-4H3/b14-8-/t10-/m1/s1. The fraction of sp³-hybridized carbons (Fsp3) is 0.353. The summed E-state index contributed by atoms with van der Waals surface area (Å²) < 4.78 is 15.8. The molecule has 1 saturated heterocycles. The highest BCUT2D eigenvalue weighted by Gasteiger charge is 2.38. The predicted octanol–water partition coefficient (Wildman–Crippen LogP) is 2.86. The Balaban J connectivity index is 2.30. The number of thioether (sulfide) groups is 1. The molecule has 1 aliphatic heterocycles. The molecule has 0 aliphatic carbocycles. The summed E-state index contributed by atoms with van der Waals surface area (Å²) in [4.78, 5) is 26.3. The van der Waals surface area contributed by atoms with Gasteiger partial charge >= 0.3 is 5.97 Å². The second-order valence-corrected chi connectivity index (χ2v) is 6.76. The first-order valence-corrected chi connectivity index (χ1v) is 8.81. The topological polar surface area (TPSA) is 65.1 Å². The van der Waals surface area contributed by atoms with Crippen LogP contribution < -0.4 is 9.47 Å². The molecule has 0 spiro atoms. The quantitative estimate of drug-likeness (QED) is 0.426. The van der Waals surface area contributed by atoms with Gasteiger partial charge < -0.3 is 14.2 Å². The van der Waals surface area contributed by atoms with Gasteiger partial charge in [0.15, 0.2) is 0 Å². The van der Waals surface area contributed by atoms with Crippen molar-refractivity contribution in [1.29, 1.82) is 0 Å². The van der Waals surface area contributed by atoms with Crippen LogP contribution >= 0.6 is 24.0 Å². The highest BCUT2D eigenvalue weighted by molar-refractivity contribution is 8.26. The average molecular weight is 381 g/mol. The summed E-state index contributed by atoms with van der Waals surface area (Å²) >= 11 is 6.40. The number of hydrogen-bond donors (Lipinski definition) is 0. The lowest BCUT2D eigenvalue weighted by Crippen LogP contribution is -2.42. The summed E-state index contributed by atoms with van der Waals surface area (Å²) in [5.41, 5.74) is 0.715. The van der Waals surface area contributed by atoms with Gasteiger partial charge in [-0.25, -0.2) is 4.79 Å². The number of hydrogen-bond acceptors (Lipinski definition) is 7. The van der Waals surface area contributed by atoms with Gasteiger partial charge in [0.25, 0.3) is 5.91 Å². The van der Waals surface area contributed by atoms with E-state index in [0.717, 1.165) is 11.8 Å². The number of ether oxygens (including phenoxy) is 3. The van der Waals surface area contributed by atoms with Crippen molar-refractivity contribution in [2.24, 2.45) is 0 Å². The molecule has 1 aromatic rings. The fourth-order valence-electron chi connectivity index (χ4n) is 2.26. The van der Waals surface area contributed by atoms with E-state index in [2.05, 4.69) is 0 Å². The number of carbonyl (C=O) groups is 2. The van der Waals surface area contributed by atoms with Crippen molar-refractivity contribution in [2.75, 3.05) is 20.8 Å². The van der Waals surface area contributed by atoms with E-state index in [1.54, 1.807) is 52.3 Å². The minimum atomic E-state index is -0.767. The molecule has 134 valence electrons. The Labute approximate surface area is 156 Å². The molecule has 1 atom stereocenters. The van der Waals surface area contributed by atoms with Crippen LogP contribution in [0, 0.1) is 0 Å². The second-order valence-electron chi connectivity index (χ2n) is 5.09. The normalized spacial score (nSPS) is 17.0. The van der Waals surface area contributed by atoms with Crippen LogP contribution in [0.2, 0.25) is 0 Å². The van der Waals surface area contributed by atoms with Crippen LogP contribution in [-0.4, -0.2) is 48.0 Å². The Morgan fingerprint density at radius 3 is 2.68 bits per heavy atom. The summed E-state index contributed by atoms with van der Waals surface area (Å²) in [5.74, 6) is 0.413. The van der Waals surface area contributed by atoms with Crippen molar-refractivity contribution in [3.8, 4) is 11.5 Å².